The number of ether oxygens (including phenoxy) is 2. The van der Waals surface area contributed by atoms with Crippen molar-refractivity contribution in [2.45, 2.75) is 5.38 Å². The molecule has 0 bridgehead atoms. The number of halogens is 3. The van der Waals surface area contributed by atoms with Crippen LogP contribution in [0.5, 0.6) is 11.5 Å². The van der Waals surface area contributed by atoms with Crippen molar-refractivity contribution in [3.05, 3.63) is 43.5 Å². The van der Waals surface area contributed by atoms with Gasteiger partial charge in [0.2, 0.25) is 0 Å². The zero-order chi connectivity index (χ0) is 13.4. The Kier molecular flexibility index (Phi) is 3.94. The minimum atomic E-state index is -0.246. The molecule has 0 aliphatic carbocycles. The van der Waals surface area contributed by atoms with Gasteiger partial charge >= 0.3 is 0 Å². The second-order valence-electron chi connectivity index (χ2n) is 4.04. The summed E-state index contributed by atoms with van der Waals surface area (Å²) in [4.78, 5) is 0.996. The van der Waals surface area contributed by atoms with Crippen molar-refractivity contribution >= 4 is 50.5 Å². The third kappa shape index (κ3) is 2.72. The lowest BCUT2D eigenvalue weighted by Crippen LogP contribution is -2.15. The second-order valence-corrected chi connectivity index (χ2v) is 7.01. The molecule has 2 aromatic rings. The van der Waals surface area contributed by atoms with Crippen LogP contribution in [0, 0.1) is 0 Å². The van der Waals surface area contributed by atoms with E-state index in [1.165, 1.54) is 11.3 Å². The maximum atomic E-state index is 6.49. The first-order valence-corrected chi connectivity index (χ1v) is 8.06. The quantitative estimate of drug-likeness (QED) is 0.662. The molecule has 1 aliphatic rings. The molecular weight excluding hydrogens is 371 g/mol. The minimum Gasteiger partial charge on any atom is -0.486 e. The number of hydrogen-bond acceptors (Lipinski definition) is 3. The molecule has 0 spiro atoms. The summed E-state index contributed by atoms with van der Waals surface area (Å²) in [6, 6.07) is 7.71. The SMILES string of the molecule is Clc1sc(C(Cl)c2ccc3c(c2)OCCO3)cc1Br. The van der Waals surface area contributed by atoms with E-state index in [1.807, 2.05) is 24.3 Å². The van der Waals surface area contributed by atoms with Crippen LogP contribution in [-0.4, -0.2) is 13.2 Å². The molecule has 0 N–H and O–H groups in total. The molecule has 2 nitrogen and oxygen atoms in total. The average molecular weight is 380 g/mol. The van der Waals surface area contributed by atoms with Crippen molar-refractivity contribution in [3.8, 4) is 11.5 Å². The molecule has 1 atom stereocenters. The normalized spacial score (nSPS) is 15.3. The molecule has 1 aromatic carbocycles. The van der Waals surface area contributed by atoms with Crippen molar-refractivity contribution in [1.29, 1.82) is 0 Å². The van der Waals surface area contributed by atoms with E-state index < -0.39 is 0 Å². The smallest absolute Gasteiger partial charge is 0.161 e. The Hall–Kier alpha value is -0.420. The van der Waals surface area contributed by atoms with Crippen LogP contribution in [0.2, 0.25) is 4.34 Å². The Morgan fingerprint density at radius 3 is 2.58 bits per heavy atom. The molecule has 0 radical (unpaired) electrons. The van der Waals surface area contributed by atoms with E-state index in [9.17, 15) is 0 Å². The van der Waals surface area contributed by atoms with Gasteiger partial charge in [-0.15, -0.1) is 22.9 Å². The van der Waals surface area contributed by atoms with E-state index in [4.69, 9.17) is 32.7 Å². The Morgan fingerprint density at radius 2 is 1.89 bits per heavy atom. The number of alkyl halides is 1. The summed E-state index contributed by atoms with van der Waals surface area (Å²) in [6.45, 7) is 1.16. The van der Waals surface area contributed by atoms with Gasteiger partial charge in [0, 0.05) is 9.35 Å². The lowest BCUT2D eigenvalue weighted by atomic mass is 10.1. The highest BCUT2D eigenvalue weighted by Crippen LogP contribution is 2.42. The van der Waals surface area contributed by atoms with Gasteiger partial charge in [-0.2, -0.15) is 0 Å². The summed E-state index contributed by atoms with van der Waals surface area (Å²) in [5.74, 6) is 1.51. The average Bonchev–Trinajstić information content (AvgIpc) is 2.77. The van der Waals surface area contributed by atoms with Crippen molar-refractivity contribution in [1.82, 2.24) is 0 Å². The highest BCUT2D eigenvalue weighted by molar-refractivity contribution is 9.10. The van der Waals surface area contributed by atoms with Crippen LogP contribution < -0.4 is 9.47 Å². The van der Waals surface area contributed by atoms with E-state index in [1.54, 1.807) is 0 Å². The number of fused-ring (bicyclic) bond motifs is 1. The van der Waals surface area contributed by atoms with Gasteiger partial charge in [0.15, 0.2) is 11.5 Å². The van der Waals surface area contributed by atoms with Crippen molar-refractivity contribution in [3.63, 3.8) is 0 Å². The first kappa shape index (κ1) is 13.6. The van der Waals surface area contributed by atoms with Gasteiger partial charge in [0.1, 0.15) is 17.6 Å². The highest BCUT2D eigenvalue weighted by atomic mass is 79.9. The van der Waals surface area contributed by atoms with Gasteiger partial charge < -0.3 is 9.47 Å². The molecule has 0 saturated carbocycles. The van der Waals surface area contributed by atoms with Crippen molar-refractivity contribution in [2.75, 3.05) is 13.2 Å². The summed E-state index contributed by atoms with van der Waals surface area (Å²) in [5.41, 5.74) is 0.969. The standard InChI is InChI=1S/C13H9BrCl2O2S/c14-8-6-11(19-13(8)16)12(15)7-1-2-9-10(5-7)18-4-3-17-9/h1-2,5-6,12H,3-4H2. The summed E-state index contributed by atoms with van der Waals surface area (Å²) in [5, 5.41) is -0.246. The first-order chi connectivity index (χ1) is 9.15. The largest absolute Gasteiger partial charge is 0.486 e. The van der Waals surface area contributed by atoms with E-state index in [2.05, 4.69) is 15.9 Å². The molecule has 0 fully saturated rings. The van der Waals surface area contributed by atoms with E-state index in [-0.39, 0.29) is 5.38 Å². The molecule has 3 rings (SSSR count). The van der Waals surface area contributed by atoms with Gasteiger partial charge in [-0.1, -0.05) is 17.7 Å². The van der Waals surface area contributed by atoms with Crippen molar-refractivity contribution in [2.24, 2.45) is 0 Å². The zero-order valence-electron chi connectivity index (χ0n) is 9.66. The maximum absolute atomic E-state index is 6.49. The fourth-order valence-electron chi connectivity index (χ4n) is 1.87. The van der Waals surface area contributed by atoms with Gasteiger partial charge in [0.25, 0.3) is 0 Å². The van der Waals surface area contributed by atoms with E-state index >= 15 is 0 Å². The molecule has 1 unspecified atom stereocenters. The molecule has 100 valence electrons. The Bertz CT molecular complexity index is 595. The summed E-state index contributed by atoms with van der Waals surface area (Å²) in [6.07, 6.45) is 0. The Labute approximate surface area is 133 Å². The third-order valence-electron chi connectivity index (χ3n) is 2.77. The van der Waals surface area contributed by atoms with Crippen LogP contribution in [0.25, 0.3) is 0 Å². The molecule has 1 aromatic heterocycles. The highest BCUT2D eigenvalue weighted by Gasteiger charge is 2.19. The molecular formula is C13H9BrCl2O2S. The topological polar surface area (TPSA) is 18.5 Å². The van der Waals surface area contributed by atoms with Gasteiger partial charge in [-0.05, 0) is 39.7 Å². The predicted molar refractivity (Wildman–Crippen MR) is 82.2 cm³/mol. The number of thiophene rings is 1. The van der Waals surface area contributed by atoms with Gasteiger partial charge in [-0.25, -0.2) is 0 Å². The Morgan fingerprint density at radius 1 is 1.16 bits per heavy atom. The summed E-state index contributed by atoms with van der Waals surface area (Å²) in [7, 11) is 0. The van der Waals surface area contributed by atoms with Gasteiger partial charge in [0.05, 0.1) is 5.38 Å². The lowest BCUT2D eigenvalue weighted by molar-refractivity contribution is 0.171. The van der Waals surface area contributed by atoms with Crippen LogP contribution in [0.3, 0.4) is 0 Å². The van der Waals surface area contributed by atoms with E-state index in [0.717, 1.165) is 26.4 Å². The van der Waals surface area contributed by atoms with E-state index in [0.29, 0.717) is 17.6 Å². The molecule has 0 amide bonds. The second kappa shape index (κ2) is 5.52. The number of hydrogen-bond donors (Lipinski definition) is 0. The molecule has 6 heteroatoms. The minimum absolute atomic E-state index is 0.246. The fourth-order valence-corrected chi connectivity index (χ4v) is 3.94. The van der Waals surface area contributed by atoms with Crippen LogP contribution in [0.1, 0.15) is 15.8 Å². The van der Waals surface area contributed by atoms with Crippen LogP contribution >= 0.6 is 50.5 Å². The number of benzene rings is 1. The summed E-state index contributed by atoms with van der Waals surface area (Å²) < 4.78 is 12.6. The molecule has 2 heterocycles. The predicted octanol–water partition coefficient (Wildman–Crippen LogP) is 5.26. The van der Waals surface area contributed by atoms with Crippen LogP contribution in [0.4, 0.5) is 0 Å². The monoisotopic (exact) mass is 378 g/mol. The lowest BCUT2D eigenvalue weighted by Gasteiger charge is -2.19. The van der Waals surface area contributed by atoms with Crippen LogP contribution in [0.15, 0.2) is 28.7 Å². The first-order valence-electron chi connectivity index (χ1n) is 5.63. The molecule has 0 saturated heterocycles. The third-order valence-corrected chi connectivity index (χ3v) is 5.93. The fraction of sp³-hybridized carbons (Fsp3) is 0.231. The van der Waals surface area contributed by atoms with Crippen LogP contribution in [-0.2, 0) is 0 Å². The Balaban J connectivity index is 1.93. The van der Waals surface area contributed by atoms with Crippen molar-refractivity contribution < 1.29 is 9.47 Å². The molecule has 1 aliphatic heterocycles. The maximum Gasteiger partial charge on any atom is 0.161 e. The zero-order valence-corrected chi connectivity index (χ0v) is 13.6. The molecule has 19 heavy (non-hydrogen) atoms. The van der Waals surface area contributed by atoms with Gasteiger partial charge in [-0.3, -0.25) is 0 Å². The summed E-state index contributed by atoms with van der Waals surface area (Å²) >= 11 is 17.4. The number of rotatable bonds is 2.